The molecule has 6 nitrogen and oxygen atoms in total. The molecule has 1 amide bonds. The third-order valence-corrected chi connectivity index (χ3v) is 5.20. The van der Waals surface area contributed by atoms with Crippen molar-refractivity contribution in [2.24, 2.45) is 0 Å². The number of anilines is 1. The molecule has 1 aliphatic heterocycles. The maximum Gasteiger partial charge on any atom is 0.253 e. The average Bonchev–Trinajstić information content (AvgIpc) is 3.04. The van der Waals surface area contributed by atoms with E-state index in [0.29, 0.717) is 6.04 Å². The predicted octanol–water partition coefficient (Wildman–Crippen LogP) is 2.01. The molecule has 1 N–H and O–H groups in total. The summed E-state index contributed by atoms with van der Waals surface area (Å²) in [5.41, 5.74) is 2.69. The van der Waals surface area contributed by atoms with Crippen LogP contribution in [-0.4, -0.2) is 60.8 Å². The SMILES string of the molecule is Cc1cc(-c2nnc(N3CCNC(C)C3)s2)ccc1C(=O)N(C)C. The standard InChI is InChI=1S/C17H23N5OS/c1-11-9-13(5-6-14(11)16(23)21(3)4)15-19-20-17(24-15)22-8-7-18-12(2)10-22/h5-6,9,12,18H,7-8,10H2,1-4H3. The summed E-state index contributed by atoms with van der Waals surface area (Å²) in [5, 5.41) is 14.0. The van der Waals surface area contributed by atoms with Gasteiger partial charge in [0.2, 0.25) is 5.13 Å². The van der Waals surface area contributed by atoms with E-state index in [1.54, 1.807) is 30.3 Å². The highest BCUT2D eigenvalue weighted by Crippen LogP contribution is 2.30. The van der Waals surface area contributed by atoms with Crippen LogP contribution in [0.2, 0.25) is 0 Å². The Morgan fingerprint density at radius 1 is 1.38 bits per heavy atom. The van der Waals surface area contributed by atoms with Crippen molar-refractivity contribution in [2.45, 2.75) is 19.9 Å². The molecule has 3 rings (SSSR count). The molecule has 7 heteroatoms. The number of nitrogens with one attached hydrogen (secondary N) is 1. The van der Waals surface area contributed by atoms with Gasteiger partial charge in [-0.2, -0.15) is 0 Å². The van der Waals surface area contributed by atoms with E-state index in [1.165, 1.54) is 0 Å². The summed E-state index contributed by atoms with van der Waals surface area (Å²) in [4.78, 5) is 16.0. The number of aromatic nitrogens is 2. The lowest BCUT2D eigenvalue weighted by Gasteiger charge is -2.31. The molecule has 0 bridgehead atoms. The van der Waals surface area contributed by atoms with Crippen LogP contribution >= 0.6 is 11.3 Å². The molecule has 0 spiro atoms. The molecule has 1 aromatic carbocycles. The van der Waals surface area contributed by atoms with E-state index < -0.39 is 0 Å². The van der Waals surface area contributed by atoms with Crippen LogP contribution in [0.1, 0.15) is 22.8 Å². The van der Waals surface area contributed by atoms with E-state index in [1.807, 2.05) is 25.1 Å². The predicted molar refractivity (Wildman–Crippen MR) is 97.8 cm³/mol. The van der Waals surface area contributed by atoms with Crippen LogP contribution in [0, 0.1) is 6.92 Å². The summed E-state index contributed by atoms with van der Waals surface area (Å²) in [5.74, 6) is 0.0202. The van der Waals surface area contributed by atoms with Gasteiger partial charge in [0.15, 0.2) is 0 Å². The van der Waals surface area contributed by atoms with Crippen LogP contribution in [0.15, 0.2) is 18.2 Å². The quantitative estimate of drug-likeness (QED) is 0.922. The van der Waals surface area contributed by atoms with Gasteiger partial charge in [-0.3, -0.25) is 4.79 Å². The van der Waals surface area contributed by atoms with Gasteiger partial charge in [-0.1, -0.05) is 17.4 Å². The normalized spacial score (nSPS) is 17.8. The van der Waals surface area contributed by atoms with E-state index in [-0.39, 0.29) is 5.91 Å². The number of benzene rings is 1. The number of hydrogen-bond donors (Lipinski definition) is 1. The van der Waals surface area contributed by atoms with Crippen molar-refractivity contribution in [1.29, 1.82) is 0 Å². The average molecular weight is 345 g/mol. The molecule has 2 heterocycles. The van der Waals surface area contributed by atoms with Gasteiger partial charge in [0, 0.05) is 50.9 Å². The number of piperazine rings is 1. The Bertz CT molecular complexity index is 742. The molecular formula is C17H23N5OS. The van der Waals surface area contributed by atoms with Gasteiger partial charge in [0.25, 0.3) is 5.91 Å². The zero-order chi connectivity index (χ0) is 17.3. The lowest BCUT2D eigenvalue weighted by atomic mass is 10.0. The molecule has 128 valence electrons. The van der Waals surface area contributed by atoms with Crippen LogP contribution in [0.4, 0.5) is 5.13 Å². The lowest BCUT2D eigenvalue weighted by molar-refractivity contribution is 0.0827. The highest BCUT2D eigenvalue weighted by atomic mass is 32.1. The van der Waals surface area contributed by atoms with E-state index in [9.17, 15) is 4.79 Å². The Labute approximate surface area is 146 Å². The third kappa shape index (κ3) is 3.42. The molecule has 0 radical (unpaired) electrons. The van der Waals surface area contributed by atoms with Gasteiger partial charge < -0.3 is 15.1 Å². The van der Waals surface area contributed by atoms with Crippen molar-refractivity contribution in [3.8, 4) is 10.6 Å². The first-order valence-corrected chi connectivity index (χ1v) is 8.92. The second-order valence-electron chi connectivity index (χ2n) is 6.42. The largest absolute Gasteiger partial charge is 0.345 e. The number of amides is 1. The van der Waals surface area contributed by atoms with Gasteiger partial charge in [-0.15, -0.1) is 10.2 Å². The molecule has 0 aliphatic carbocycles. The number of carbonyl (C=O) groups is 1. The van der Waals surface area contributed by atoms with Gasteiger partial charge in [0.05, 0.1) is 0 Å². The molecular weight excluding hydrogens is 322 g/mol. The first-order valence-electron chi connectivity index (χ1n) is 8.10. The number of rotatable bonds is 3. The summed E-state index contributed by atoms with van der Waals surface area (Å²) in [6, 6.07) is 6.31. The van der Waals surface area contributed by atoms with Gasteiger partial charge >= 0.3 is 0 Å². The smallest absolute Gasteiger partial charge is 0.253 e. The highest BCUT2D eigenvalue weighted by molar-refractivity contribution is 7.18. The minimum atomic E-state index is 0.0202. The molecule has 1 aromatic heterocycles. The number of hydrogen-bond acceptors (Lipinski definition) is 6. The van der Waals surface area contributed by atoms with Crippen molar-refractivity contribution < 1.29 is 4.79 Å². The summed E-state index contributed by atoms with van der Waals surface area (Å²) in [7, 11) is 3.53. The van der Waals surface area contributed by atoms with Crippen LogP contribution in [-0.2, 0) is 0 Å². The van der Waals surface area contributed by atoms with Crippen molar-refractivity contribution in [3.63, 3.8) is 0 Å². The second kappa shape index (κ2) is 6.86. The van der Waals surface area contributed by atoms with E-state index >= 15 is 0 Å². The topological polar surface area (TPSA) is 61.4 Å². The van der Waals surface area contributed by atoms with Gasteiger partial charge in [0.1, 0.15) is 5.01 Å². The van der Waals surface area contributed by atoms with Crippen molar-refractivity contribution in [1.82, 2.24) is 20.4 Å². The number of aryl methyl sites for hydroxylation is 1. The first-order chi connectivity index (χ1) is 11.5. The Morgan fingerprint density at radius 3 is 2.83 bits per heavy atom. The number of carbonyl (C=O) groups excluding carboxylic acids is 1. The fraction of sp³-hybridized carbons (Fsp3) is 0.471. The van der Waals surface area contributed by atoms with Crippen molar-refractivity contribution >= 4 is 22.4 Å². The zero-order valence-electron chi connectivity index (χ0n) is 14.5. The van der Waals surface area contributed by atoms with Gasteiger partial charge in [-0.25, -0.2) is 0 Å². The van der Waals surface area contributed by atoms with E-state index in [0.717, 1.165) is 46.5 Å². The van der Waals surface area contributed by atoms with E-state index in [4.69, 9.17) is 0 Å². The molecule has 1 saturated heterocycles. The number of nitrogens with zero attached hydrogens (tertiary/aromatic N) is 4. The van der Waals surface area contributed by atoms with E-state index in [2.05, 4.69) is 27.3 Å². The monoisotopic (exact) mass is 345 g/mol. The third-order valence-electron chi connectivity index (χ3n) is 4.16. The van der Waals surface area contributed by atoms with Crippen LogP contribution in [0.3, 0.4) is 0 Å². The van der Waals surface area contributed by atoms with Crippen molar-refractivity contribution in [2.75, 3.05) is 38.6 Å². The van der Waals surface area contributed by atoms with Crippen LogP contribution < -0.4 is 10.2 Å². The van der Waals surface area contributed by atoms with Crippen LogP contribution in [0.25, 0.3) is 10.6 Å². The van der Waals surface area contributed by atoms with Crippen LogP contribution in [0.5, 0.6) is 0 Å². The molecule has 1 unspecified atom stereocenters. The second-order valence-corrected chi connectivity index (χ2v) is 7.38. The Kier molecular flexibility index (Phi) is 4.82. The Morgan fingerprint density at radius 2 is 2.17 bits per heavy atom. The van der Waals surface area contributed by atoms with Crippen molar-refractivity contribution in [3.05, 3.63) is 29.3 Å². The van der Waals surface area contributed by atoms with Gasteiger partial charge in [-0.05, 0) is 31.5 Å². The summed E-state index contributed by atoms with van der Waals surface area (Å²) in [6.45, 7) is 7.01. The first kappa shape index (κ1) is 16.9. The molecule has 1 fully saturated rings. The minimum absolute atomic E-state index is 0.0202. The maximum absolute atomic E-state index is 12.1. The summed E-state index contributed by atoms with van der Waals surface area (Å²) in [6.07, 6.45) is 0. The minimum Gasteiger partial charge on any atom is -0.345 e. The summed E-state index contributed by atoms with van der Waals surface area (Å²) < 4.78 is 0. The summed E-state index contributed by atoms with van der Waals surface area (Å²) >= 11 is 1.60. The molecule has 0 saturated carbocycles. The molecule has 24 heavy (non-hydrogen) atoms. The fourth-order valence-corrected chi connectivity index (χ4v) is 3.72. The zero-order valence-corrected chi connectivity index (χ0v) is 15.4. The highest BCUT2D eigenvalue weighted by Gasteiger charge is 2.20. The lowest BCUT2D eigenvalue weighted by Crippen LogP contribution is -2.49. The molecule has 2 aromatic rings. The molecule has 1 atom stereocenters. The fourth-order valence-electron chi connectivity index (χ4n) is 2.84. The molecule has 1 aliphatic rings. The Hall–Kier alpha value is -1.99. The Balaban J connectivity index is 1.82. The maximum atomic E-state index is 12.1.